The van der Waals surface area contributed by atoms with Gasteiger partial charge in [-0.3, -0.25) is 0 Å². The van der Waals surface area contributed by atoms with Gasteiger partial charge in [-0.2, -0.15) is 0 Å². The minimum Gasteiger partial charge on any atom is -0.491 e. The molecule has 7 nitrogen and oxygen atoms in total. The zero-order valence-corrected chi connectivity index (χ0v) is 11.4. The first-order valence-electron chi connectivity index (χ1n) is 6.81. The molecule has 21 heavy (non-hydrogen) atoms. The standard InChI is InChI=1S/C14H16N2O5/c17-13(18)9-1-2-11-12(7-9)21-6-3-10-8-15(14(19)20)4-5-16(10)11/h1-2,7,10H,3-6,8H2,(H,17,18)(H,19,20)/t10-/m0/s1. The number of piperazine rings is 1. The number of aromatic carboxylic acids is 1. The van der Waals surface area contributed by atoms with Gasteiger partial charge in [-0.1, -0.05) is 0 Å². The second-order valence-corrected chi connectivity index (χ2v) is 5.20. The topological polar surface area (TPSA) is 90.3 Å². The summed E-state index contributed by atoms with van der Waals surface area (Å²) in [6.07, 6.45) is -0.192. The van der Waals surface area contributed by atoms with Crippen LogP contribution in [0.5, 0.6) is 5.75 Å². The van der Waals surface area contributed by atoms with E-state index in [0.29, 0.717) is 38.4 Å². The Morgan fingerprint density at radius 1 is 1.24 bits per heavy atom. The fraction of sp³-hybridized carbons (Fsp3) is 0.429. The molecule has 0 unspecified atom stereocenters. The van der Waals surface area contributed by atoms with Crippen molar-refractivity contribution in [3.05, 3.63) is 23.8 Å². The maximum atomic E-state index is 11.1. The highest BCUT2D eigenvalue weighted by Gasteiger charge is 2.32. The summed E-state index contributed by atoms with van der Waals surface area (Å²) in [7, 11) is 0. The van der Waals surface area contributed by atoms with E-state index < -0.39 is 12.1 Å². The van der Waals surface area contributed by atoms with Gasteiger partial charge >= 0.3 is 12.1 Å². The zero-order chi connectivity index (χ0) is 15.0. The normalized spacial score (nSPS) is 20.9. The number of carbonyl (C=O) groups is 2. The number of anilines is 1. The lowest BCUT2D eigenvalue weighted by Gasteiger charge is -2.40. The minimum absolute atomic E-state index is 0.0618. The monoisotopic (exact) mass is 292 g/mol. The van der Waals surface area contributed by atoms with Gasteiger partial charge in [0.25, 0.3) is 0 Å². The Morgan fingerprint density at radius 3 is 2.76 bits per heavy atom. The predicted octanol–water partition coefficient (Wildman–Crippen LogP) is 1.34. The summed E-state index contributed by atoms with van der Waals surface area (Å²) in [5.74, 6) is -0.431. The van der Waals surface area contributed by atoms with Gasteiger partial charge in [-0.15, -0.1) is 0 Å². The van der Waals surface area contributed by atoms with E-state index in [1.54, 1.807) is 12.1 Å². The molecular weight excluding hydrogens is 276 g/mol. The van der Waals surface area contributed by atoms with Crippen molar-refractivity contribution in [2.45, 2.75) is 12.5 Å². The lowest BCUT2D eigenvalue weighted by Crippen LogP contribution is -2.54. The van der Waals surface area contributed by atoms with E-state index in [-0.39, 0.29) is 11.6 Å². The van der Waals surface area contributed by atoms with Crippen LogP contribution in [0.3, 0.4) is 0 Å². The van der Waals surface area contributed by atoms with E-state index in [1.165, 1.54) is 11.0 Å². The molecule has 1 saturated heterocycles. The van der Waals surface area contributed by atoms with Crippen LogP contribution in [-0.4, -0.2) is 59.5 Å². The summed E-state index contributed by atoms with van der Waals surface area (Å²) >= 11 is 0. The number of nitrogens with zero attached hydrogens (tertiary/aromatic N) is 2. The van der Waals surface area contributed by atoms with Gasteiger partial charge < -0.3 is 24.7 Å². The number of hydrogen-bond donors (Lipinski definition) is 2. The van der Waals surface area contributed by atoms with Crippen molar-refractivity contribution in [2.24, 2.45) is 0 Å². The molecule has 2 aliphatic heterocycles. The maximum absolute atomic E-state index is 11.1. The van der Waals surface area contributed by atoms with Crippen LogP contribution in [-0.2, 0) is 0 Å². The molecule has 0 aromatic heterocycles. The zero-order valence-electron chi connectivity index (χ0n) is 11.4. The molecule has 1 aromatic carbocycles. The summed E-state index contributed by atoms with van der Waals surface area (Å²) < 4.78 is 5.66. The van der Waals surface area contributed by atoms with Crippen LogP contribution < -0.4 is 9.64 Å². The van der Waals surface area contributed by atoms with Gasteiger partial charge in [0, 0.05) is 26.1 Å². The average molecular weight is 292 g/mol. The number of carboxylic acid groups (broad SMARTS) is 2. The first-order valence-corrected chi connectivity index (χ1v) is 6.81. The third-order valence-corrected chi connectivity index (χ3v) is 3.98. The Bertz CT molecular complexity index is 589. The average Bonchev–Trinajstić information content (AvgIpc) is 2.64. The molecule has 1 fully saturated rings. The third-order valence-electron chi connectivity index (χ3n) is 3.98. The van der Waals surface area contributed by atoms with Crippen molar-refractivity contribution in [1.29, 1.82) is 0 Å². The second kappa shape index (κ2) is 5.16. The van der Waals surface area contributed by atoms with Crippen molar-refractivity contribution >= 4 is 17.7 Å². The molecule has 0 bridgehead atoms. The molecule has 1 amide bonds. The highest BCUT2D eigenvalue weighted by atomic mass is 16.5. The van der Waals surface area contributed by atoms with Gasteiger partial charge in [0.15, 0.2) is 0 Å². The largest absolute Gasteiger partial charge is 0.491 e. The van der Waals surface area contributed by atoms with Crippen molar-refractivity contribution < 1.29 is 24.5 Å². The summed E-state index contributed by atoms with van der Waals surface area (Å²) in [4.78, 5) is 25.7. The number of fused-ring (bicyclic) bond motifs is 3. The molecule has 1 aromatic rings. The van der Waals surface area contributed by atoms with Crippen LogP contribution in [0, 0.1) is 0 Å². The van der Waals surface area contributed by atoms with E-state index in [0.717, 1.165) is 5.69 Å². The molecule has 0 radical (unpaired) electrons. The fourth-order valence-corrected chi connectivity index (χ4v) is 2.90. The molecule has 7 heteroatoms. The number of carboxylic acids is 1. The minimum atomic E-state index is -0.988. The lowest BCUT2D eigenvalue weighted by atomic mass is 10.1. The van der Waals surface area contributed by atoms with Crippen molar-refractivity contribution in [3.8, 4) is 5.75 Å². The summed E-state index contributed by atoms with van der Waals surface area (Å²) in [6.45, 7) is 1.91. The van der Waals surface area contributed by atoms with Gasteiger partial charge in [-0.05, 0) is 18.2 Å². The van der Waals surface area contributed by atoms with Crippen molar-refractivity contribution in [2.75, 3.05) is 31.1 Å². The number of hydrogen-bond acceptors (Lipinski definition) is 4. The third kappa shape index (κ3) is 2.46. The molecule has 2 aliphatic rings. The number of benzene rings is 1. The van der Waals surface area contributed by atoms with E-state index in [1.807, 2.05) is 0 Å². The highest BCUT2D eigenvalue weighted by Crippen LogP contribution is 2.35. The van der Waals surface area contributed by atoms with Crippen LogP contribution >= 0.6 is 0 Å². The molecule has 3 rings (SSSR count). The van der Waals surface area contributed by atoms with Crippen molar-refractivity contribution in [1.82, 2.24) is 4.90 Å². The molecule has 2 N–H and O–H groups in total. The number of amides is 1. The molecule has 2 heterocycles. The quantitative estimate of drug-likeness (QED) is 0.811. The van der Waals surface area contributed by atoms with Crippen molar-refractivity contribution in [3.63, 3.8) is 0 Å². The molecular formula is C14H16N2O5. The van der Waals surface area contributed by atoms with E-state index in [9.17, 15) is 9.59 Å². The molecule has 1 atom stereocenters. The molecule has 0 aliphatic carbocycles. The van der Waals surface area contributed by atoms with Crippen LogP contribution in [0.2, 0.25) is 0 Å². The van der Waals surface area contributed by atoms with E-state index in [2.05, 4.69) is 4.90 Å². The fourth-order valence-electron chi connectivity index (χ4n) is 2.90. The smallest absolute Gasteiger partial charge is 0.407 e. The van der Waals surface area contributed by atoms with Crippen LogP contribution in [0.25, 0.3) is 0 Å². The molecule has 0 spiro atoms. The van der Waals surface area contributed by atoms with Gasteiger partial charge in [0.2, 0.25) is 0 Å². The van der Waals surface area contributed by atoms with Crippen LogP contribution in [0.15, 0.2) is 18.2 Å². The van der Waals surface area contributed by atoms with E-state index in [4.69, 9.17) is 14.9 Å². The Labute approximate surface area is 121 Å². The first kappa shape index (κ1) is 13.5. The number of ether oxygens (including phenoxy) is 1. The Hall–Kier alpha value is -2.44. The second-order valence-electron chi connectivity index (χ2n) is 5.20. The van der Waals surface area contributed by atoms with Gasteiger partial charge in [0.1, 0.15) is 5.75 Å². The Morgan fingerprint density at radius 2 is 2.05 bits per heavy atom. The van der Waals surface area contributed by atoms with Gasteiger partial charge in [-0.25, -0.2) is 9.59 Å². The molecule has 112 valence electrons. The molecule has 0 saturated carbocycles. The van der Waals surface area contributed by atoms with Crippen LogP contribution in [0.1, 0.15) is 16.8 Å². The first-order chi connectivity index (χ1) is 10.1. The summed E-state index contributed by atoms with van der Waals surface area (Å²) in [6, 6.07) is 4.89. The lowest BCUT2D eigenvalue weighted by molar-refractivity contribution is 0.0696. The van der Waals surface area contributed by atoms with Crippen LogP contribution in [0.4, 0.5) is 10.5 Å². The van der Waals surface area contributed by atoms with Gasteiger partial charge in [0.05, 0.1) is 23.9 Å². The maximum Gasteiger partial charge on any atom is 0.407 e. The Balaban J connectivity index is 1.90. The number of rotatable bonds is 1. The highest BCUT2D eigenvalue weighted by molar-refractivity contribution is 5.89. The summed E-state index contributed by atoms with van der Waals surface area (Å²) in [5, 5.41) is 18.1. The SMILES string of the molecule is O=C(O)c1ccc2c(c1)OCC[C@H]1CN(C(=O)O)CCN21. The van der Waals surface area contributed by atoms with E-state index >= 15 is 0 Å². The summed E-state index contributed by atoms with van der Waals surface area (Å²) in [5.41, 5.74) is 1.03. The Kier molecular flexibility index (Phi) is 3.32. The predicted molar refractivity (Wildman–Crippen MR) is 74.2 cm³/mol.